The molecule has 2 heteroatoms. The van der Waals surface area contributed by atoms with Crippen molar-refractivity contribution >= 4 is 15.9 Å². The van der Waals surface area contributed by atoms with Crippen LogP contribution in [0, 0.1) is 17.8 Å². The zero-order valence-corrected chi connectivity index (χ0v) is 9.55. The van der Waals surface area contributed by atoms with Gasteiger partial charge in [-0.15, -0.1) is 0 Å². The van der Waals surface area contributed by atoms with Crippen LogP contribution in [0.15, 0.2) is 22.8 Å². The molecule has 0 N–H and O–H groups in total. The molecule has 14 heavy (non-hydrogen) atoms. The first-order valence-corrected chi connectivity index (χ1v) is 5.78. The summed E-state index contributed by atoms with van der Waals surface area (Å²) >= 11 is 3.34. The first kappa shape index (κ1) is 9.73. The van der Waals surface area contributed by atoms with Crippen LogP contribution in [0.2, 0.25) is 0 Å². The fourth-order valence-corrected chi connectivity index (χ4v) is 2.07. The number of aromatic nitrogens is 1. The number of hydrogen-bond acceptors (Lipinski definition) is 1. The van der Waals surface area contributed by atoms with Crippen LogP contribution in [0.1, 0.15) is 31.4 Å². The lowest BCUT2D eigenvalue weighted by molar-refractivity contribution is 0.712. The van der Waals surface area contributed by atoms with E-state index in [-0.39, 0.29) is 0 Å². The SMILES string of the molecule is Brc1cccc(C#CC2CCCC2)n1. The average Bonchev–Trinajstić information content (AvgIpc) is 2.67. The van der Waals surface area contributed by atoms with Gasteiger partial charge in [0.05, 0.1) is 0 Å². The normalized spacial score (nSPS) is 16.4. The molecule has 1 fully saturated rings. The number of nitrogens with zero attached hydrogens (tertiary/aromatic N) is 1. The molecular formula is C12H12BrN. The van der Waals surface area contributed by atoms with Gasteiger partial charge in [0.25, 0.3) is 0 Å². The third-order valence-corrected chi connectivity index (χ3v) is 2.92. The molecule has 0 aromatic carbocycles. The van der Waals surface area contributed by atoms with Crippen molar-refractivity contribution in [3.05, 3.63) is 28.5 Å². The first-order chi connectivity index (χ1) is 6.84. The van der Waals surface area contributed by atoms with Gasteiger partial charge in [-0.3, -0.25) is 0 Å². The second-order valence-electron chi connectivity index (χ2n) is 3.60. The van der Waals surface area contributed by atoms with E-state index in [4.69, 9.17) is 0 Å². The van der Waals surface area contributed by atoms with Crippen LogP contribution in [-0.4, -0.2) is 4.98 Å². The summed E-state index contributed by atoms with van der Waals surface area (Å²) in [6.07, 6.45) is 5.21. The summed E-state index contributed by atoms with van der Waals surface area (Å²) in [4.78, 5) is 4.28. The highest BCUT2D eigenvalue weighted by molar-refractivity contribution is 9.10. The van der Waals surface area contributed by atoms with Crippen LogP contribution in [0.4, 0.5) is 0 Å². The molecule has 1 aliphatic carbocycles. The molecule has 0 saturated heterocycles. The zero-order valence-electron chi connectivity index (χ0n) is 7.96. The summed E-state index contributed by atoms with van der Waals surface area (Å²) in [5.74, 6) is 7.04. The molecule has 0 aliphatic heterocycles. The van der Waals surface area contributed by atoms with E-state index in [0.29, 0.717) is 5.92 Å². The van der Waals surface area contributed by atoms with Gasteiger partial charge in [-0.25, -0.2) is 4.98 Å². The van der Waals surface area contributed by atoms with Crippen molar-refractivity contribution < 1.29 is 0 Å². The number of rotatable bonds is 0. The second-order valence-corrected chi connectivity index (χ2v) is 4.41. The first-order valence-electron chi connectivity index (χ1n) is 4.99. The highest BCUT2D eigenvalue weighted by Crippen LogP contribution is 2.23. The Labute approximate surface area is 93.1 Å². The fraction of sp³-hybridized carbons (Fsp3) is 0.417. The van der Waals surface area contributed by atoms with Crippen molar-refractivity contribution in [1.29, 1.82) is 0 Å². The maximum Gasteiger partial charge on any atom is 0.114 e. The van der Waals surface area contributed by atoms with E-state index in [1.165, 1.54) is 25.7 Å². The minimum Gasteiger partial charge on any atom is -0.232 e. The number of halogens is 1. The maximum absolute atomic E-state index is 4.28. The van der Waals surface area contributed by atoms with Crippen molar-refractivity contribution in [2.75, 3.05) is 0 Å². The van der Waals surface area contributed by atoms with Gasteiger partial charge in [-0.2, -0.15) is 0 Å². The van der Waals surface area contributed by atoms with E-state index in [2.05, 4.69) is 32.8 Å². The fourth-order valence-electron chi connectivity index (χ4n) is 1.72. The van der Waals surface area contributed by atoms with Crippen LogP contribution < -0.4 is 0 Å². The van der Waals surface area contributed by atoms with E-state index >= 15 is 0 Å². The van der Waals surface area contributed by atoms with Crippen LogP contribution in [-0.2, 0) is 0 Å². The van der Waals surface area contributed by atoms with Gasteiger partial charge in [0.2, 0.25) is 0 Å². The molecule has 0 amide bonds. The predicted molar refractivity (Wildman–Crippen MR) is 60.8 cm³/mol. The van der Waals surface area contributed by atoms with E-state index < -0.39 is 0 Å². The van der Waals surface area contributed by atoms with Gasteiger partial charge in [0.15, 0.2) is 0 Å². The molecule has 0 spiro atoms. The topological polar surface area (TPSA) is 12.9 Å². The highest BCUT2D eigenvalue weighted by atomic mass is 79.9. The Morgan fingerprint density at radius 2 is 2.07 bits per heavy atom. The highest BCUT2D eigenvalue weighted by Gasteiger charge is 2.11. The van der Waals surface area contributed by atoms with Gasteiger partial charge in [0, 0.05) is 5.92 Å². The standard InChI is InChI=1S/C12H12BrN/c13-12-7-3-6-11(14-12)9-8-10-4-1-2-5-10/h3,6-7,10H,1-2,4-5H2. The minimum atomic E-state index is 0.607. The Balaban J connectivity index is 2.08. The molecule has 1 aromatic heterocycles. The van der Waals surface area contributed by atoms with Crippen LogP contribution >= 0.6 is 15.9 Å². The Morgan fingerprint density at radius 3 is 2.79 bits per heavy atom. The third-order valence-electron chi connectivity index (χ3n) is 2.47. The molecule has 0 atom stereocenters. The molecule has 1 aromatic rings. The van der Waals surface area contributed by atoms with Gasteiger partial charge in [0.1, 0.15) is 10.3 Å². The van der Waals surface area contributed by atoms with Crippen LogP contribution in [0.25, 0.3) is 0 Å². The van der Waals surface area contributed by atoms with Gasteiger partial charge >= 0.3 is 0 Å². The molecule has 0 bridgehead atoms. The van der Waals surface area contributed by atoms with Crippen molar-refractivity contribution in [3.63, 3.8) is 0 Å². The van der Waals surface area contributed by atoms with Gasteiger partial charge < -0.3 is 0 Å². The molecule has 0 radical (unpaired) electrons. The predicted octanol–water partition coefficient (Wildman–Crippen LogP) is 3.39. The van der Waals surface area contributed by atoms with Crippen LogP contribution in [0.3, 0.4) is 0 Å². The molecule has 1 saturated carbocycles. The molecule has 1 heterocycles. The summed E-state index contributed by atoms with van der Waals surface area (Å²) in [7, 11) is 0. The molecule has 0 unspecified atom stereocenters. The summed E-state index contributed by atoms with van der Waals surface area (Å²) in [5.41, 5.74) is 0.867. The van der Waals surface area contributed by atoms with Crippen molar-refractivity contribution in [2.24, 2.45) is 5.92 Å². The molecule has 2 rings (SSSR count). The summed E-state index contributed by atoms with van der Waals surface area (Å²) in [6.45, 7) is 0. The second kappa shape index (κ2) is 4.61. The summed E-state index contributed by atoms with van der Waals surface area (Å²) in [5, 5.41) is 0. The van der Waals surface area contributed by atoms with Gasteiger partial charge in [-0.1, -0.05) is 24.8 Å². The quantitative estimate of drug-likeness (QED) is 0.508. The van der Waals surface area contributed by atoms with Crippen molar-refractivity contribution in [3.8, 4) is 11.8 Å². The lowest BCUT2D eigenvalue weighted by Gasteiger charge is -1.95. The van der Waals surface area contributed by atoms with E-state index in [0.717, 1.165) is 10.3 Å². The molecular weight excluding hydrogens is 238 g/mol. The number of pyridine rings is 1. The van der Waals surface area contributed by atoms with Crippen molar-refractivity contribution in [1.82, 2.24) is 4.98 Å². The molecule has 72 valence electrons. The van der Waals surface area contributed by atoms with E-state index in [9.17, 15) is 0 Å². The monoisotopic (exact) mass is 249 g/mol. The van der Waals surface area contributed by atoms with Crippen molar-refractivity contribution in [2.45, 2.75) is 25.7 Å². The van der Waals surface area contributed by atoms with E-state index in [1.807, 2.05) is 18.2 Å². The Kier molecular flexibility index (Phi) is 3.21. The lowest BCUT2D eigenvalue weighted by atomic mass is 10.1. The maximum atomic E-state index is 4.28. The Hall–Kier alpha value is -0.810. The summed E-state index contributed by atoms with van der Waals surface area (Å²) < 4.78 is 0.857. The molecule has 1 aliphatic rings. The largest absolute Gasteiger partial charge is 0.232 e. The Morgan fingerprint density at radius 1 is 1.29 bits per heavy atom. The van der Waals surface area contributed by atoms with Crippen LogP contribution in [0.5, 0.6) is 0 Å². The lowest BCUT2D eigenvalue weighted by Crippen LogP contribution is -1.88. The summed E-state index contributed by atoms with van der Waals surface area (Å²) in [6, 6.07) is 5.84. The number of hydrogen-bond donors (Lipinski definition) is 0. The smallest absolute Gasteiger partial charge is 0.114 e. The minimum absolute atomic E-state index is 0.607. The zero-order chi connectivity index (χ0) is 9.80. The average molecular weight is 250 g/mol. The Bertz CT molecular complexity index is 369. The van der Waals surface area contributed by atoms with E-state index in [1.54, 1.807) is 0 Å². The molecule has 1 nitrogen and oxygen atoms in total. The van der Waals surface area contributed by atoms with Gasteiger partial charge in [-0.05, 0) is 46.8 Å². The third kappa shape index (κ3) is 2.59.